The molecule has 0 aliphatic heterocycles. The molecule has 0 fully saturated rings. The minimum atomic E-state index is -0.171. The Morgan fingerprint density at radius 2 is 1.25 bits per heavy atom. The molecule has 0 saturated carbocycles. The van der Waals surface area contributed by atoms with Gasteiger partial charge in [-0.05, 0) is 19.1 Å². The predicted octanol–water partition coefficient (Wildman–Crippen LogP) is 5.50. The van der Waals surface area contributed by atoms with Crippen molar-refractivity contribution in [2.75, 3.05) is 0 Å². The first-order valence-electron chi connectivity index (χ1n) is 6.42. The average Bonchev–Trinajstić information content (AvgIpc) is 2.30. The van der Waals surface area contributed by atoms with Crippen molar-refractivity contribution in [2.45, 2.75) is 59.3 Å². The van der Waals surface area contributed by atoms with Crippen LogP contribution in [0.2, 0.25) is 0 Å². The highest BCUT2D eigenvalue weighted by atomic mass is 19.1. The molecule has 1 rings (SSSR count). The summed E-state index contributed by atoms with van der Waals surface area (Å²) in [5, 5.41) is 0. The van der Waals surface area contributed by atoms with Crippen LogP contribution in [0, 0.1) is 12.7 Å². The van der Waals surface area contributed by atoms with Crippen molar-refractivity contribution < 1.29 is 4.39 Å². The van der Waals surface area contributed by atoms with Crippen molar-refractivity contribution in [3.05, 3.63) is 35.6 Å². The fourth-order valence-corrected chi connectivity index (χ4v) is 1.39. The van der Waals surface area contributed by atoms with E-state index in [-0.39, 0.29) is 5.82 Å². The molecule has 0 radical (unpaired) electrons. The van der Waals surface area contributed by atoms with Crippen LogP contribution in [0.25, 0.3) is 0 Å². The maximum absolute atomic E-state index is 12.1. The second-order valence-electron chi connectivity index (χ2n) is 4.21. The molecule has 0 saturated heterocycles. The molecule has 1 aromatic carbocycles. The van der Waals surface area contributed by atoms with Gasteiger partial charge in [-0.2, -0.15) is 0 Å². The Hall–Kier alpha value is -0.850. The molecule has 0 bridgehead atoms. The van der Waals surface area contributed by atoms with E-state index in [1.807, 2.05) is 6.92 Å². The monoisotopic (exact) mass is 224 g/mol. The first-order chi connectivity index (χ1) is 7.70. The van der Waals surface area contributed by atoms with Crippen LogP contribution >= 0.6 is 0 Å². The topological polar surface area (TPSA) is 0 Å². The lowest BCUT2D eigenvalue weighted by molar-refractivity contribution is 0.624. The molecule has 0 nitrogen and oxygen atoms in total. The van der Waals surface area contributed by atoms with Gasteiger partial charge in [-0.1, -0.05) is 70.1 Å². The number of rotatable bonds is 5. The maximum atomic E-state index is 12.1. The van der Waals surface area contributed by atoms with Crippen LogP contribution in [0.3, 0.4) is 0 Å². The van der Waals surface area contributed by atoms with Crippen LogP contribution in [-0.4, -0.2) is 0 Å². The quantitative estimate of drug-likeness (QED) is 0.579. The summed E-state index contributed by atoms with van der Waals surface area (Å²) in [7, 11) is 0. The summed E-state index contributed by atoms with van der Waals surface area (Å²) in [5.74, 6) is -0.171. The summed E-state index contributed by atoms with van der Waals surface area (Å²) in [6.07, 6.45) is 8.49. The van der Waals surface area contributed by atoms with Crippen molar-refractivity contribution in [2.24, 2.45) is 0 Å². The van der Waals surface area contributed by atoms with Crippen LogP contribution in [0.4, 0.5) is 4.39 Å². The van der Waals surface area contributed by atoms with Crippen LogP contribution < -0.4 is 0 Å². The van der Waals surface area contributed by atoms with Gasteiger partial charge in [-0.3, -0.25) is 0 Å². The minimum Gasteiger partial charge on any atom is -0.207 e. The molecule has 92 valence electrons. The van der Waals surface area contributed by atoms with Crippen LogP contribution in [0.15, 0.2) is 24.3 Å². The molecule has 0 spiro atoms. The summed E-state index contributed by atoms with van der Waals surface area (Å²) in [6.45, 7) is 6.44. The Balaban J connectivity index is 0.000000281. The second kappa shape index (κ2) is 10.7. The van der Waals surface area contributed by atoms with Crippen molar-refractivity contribution in [1.82, 2.24) is 0 Å². The lowest BCUT2D eigenvalue weighted by Crippen LogP contribution is -1.73. The van der Waals surface area contributed by atoms with E-state index < -0.39 is 0 Å². The minimum absolute atomic E-state index is 0.171. The van der Waals surface area contributed by atoms with E-state index in [1.165, 1.54) is 50.7 Å². The third-order valence-corrected chi connectivity index (χ3v) is 2.47. The molecule has 0 amide bonds. The summed E-state index contributed by atoms with van der Waals surface area (Å²) in [5.41, 5.74) is 1.09. The smallest absolute Gasteiger partial charge is 0.123 e. The van der Waals surface area contributed by atoms with Gasteiger partial charge in [0.1, 0.15) is 5.82 Å². The molecular weight excluding hydrogens is 199 g/mol. The molecule has 0 N–H and O–H groups in total. The van der Waals surface area contributed by atoms with E-state index in [9.17, 15) is 4.39 Å². The first-order valence-corrected chi connectivity index (χ1v) is 6.42. The van der Waals surface area contributed by atoms with Gasteiger partial charge in [-0.25, -0.2) is 4.39 Å². The standard InChI is InChI=1S/C8H18.C7H7F/c1-3-5-7-8-6-4-2;1-6-2-4-7(8)5-3-6/h3-8H2,1-2H3;2-5H,1H3. The predicted molar refractivity (Wildman–Crippen MR) is 70.2 cm³/mol. The van der Waals surface area contributed by atoms with Crippen LogP contribution in [0.5, 0.6) is 0 Å². The largest absolute Gasteiger partial charge is 0.207 e. The van der Waals surface area contributed by atoms with Crippen molar-refractivity contribution >= 4 is 0 Å². The van der Waals surface area contributed by atoms with E-state index in [4.69, 9.17) is 0 Å². The lowest BCUT2D eigenvalue weighted by Gasteiger charge is -1.93. The Morgan fingerprint density at radius 1 is 0.812 bits per heavy atom. The van der Waals surface area contributed by atoms with Gasteiger partial charge in [-0.15, -0.1) is 0 Å². The number of benzene rings is 1. The summed E-state index contributed by atoms with van der Waals surface area (Å²) < 4.78 is 12.1. The molecule has 0 heterocycles. The van der Waals surface area contributed by atoms with Gasteiger partial charge < -0.3 is 0 Å². The zero-order valence-corrected chi connectivity index (χ0v) is 10.9. The molecular formula is C15H25F. The molecule has 0 aliphatic carbocycles. The molecule has 0 unspecified atom stereocenters. The number of aryl methyl sites for hydroxylation is 1. The third kappa shape index (κ3) is 9.70. The SMILES string of the molecule is CCCCCCCC.Cc1ccc(F)cc1. The van der Waals surface area contributed by atoms with Gasteiger partial charge in [0.05, 0.1) is 0 Å². The highest BCUT2D eigenvalue weighted by Crippen LogP contribution is 2.03. The highest BCUT2D eigenvalue weighted by Gasteiger charge is 1.84. The summed E-state index contributed by atoms with van der Waals surface area (Å²) in [4.78, 5) is 0. The Morgan fingerprint density at radius 3 is 1.56 bits per heavy atom. The van der Waals surface area contributed by atoms with Gasteiger partial charge in [0.2, 0.25) is 0 Å². The highest BCUT2D eigenvalue weighted by molar-refractivity contribution is 5.13. The Bertz CT molecular complexity index is 211. The van der Waals surface area contributed by atoms with E-state index in [0.717, 1.165) is 5.56 Å². The number of halogens is 1. The van der Waals surface area contributed by atoms with Crippen molar-refractivity contribution in [3.8, 4) is 0 Å². The second-order valence-corrected chi connectivity index (χ2v) is 4.21. The van der Waals surface area contributed by atoms with Gasteiger partial charge in [0, 0.05) is 0 Å². The van der Waals surface area contributed by atoms with Crippen LogP contribution in [-0.2, 0) is 0 Å². The van der Waals surface area contributed by atoms with Crippen molar-refractivity contribution in [1.29, 1.82) is 0 Å². The molecule has 1 aromatic rings. The molecule has 0 atom stereocenters. The number of hydrogen-bond donors (Lipinski definition) is 0. The Labute approximate surface area is 99.9 Å². The molecule has 0 aromatic heterocycles. The average molecular weight is 224 g/mol. The molecule has 16 heavy (non-hydrogen) atoms. The van der Waals surface area contributed by atoms with Gasteiger partial charge >= 0.3 is 0 Å². The van der Waals surface area contributed by atoms with Crippen LogP contribution in [0.1, 0.15) is 57.9 Å². The number of hydrogen-bond acceptors (Lipinski definition) is 0. The van der Waals surface area contributed by atoms with E-state index in [0.29, 0.717) is 0 Å². The normalized spacial score (nSPS) is 9.50. The number of unbranched alkanes of at least 4 members (excludes halogenated alkanes) is 5. The molecule has 1 heteroatoms. The van der Waals surface area contributed by atoms with E-state index in [2.05, 4.69) is 13.8 Å². The third-order valence-electron chi connectivity index (χ3n) is 2.47. The fourth-order valence-electron chi connectivity index (χ4n) is 1.39. The summed E-state index contributed by atoms with van der Waals surface area (Å²) in [6, 6.07) is 6.40. The van der Waals surface area contributed by atoms with E-state index >= 15 is 0 Å². The fraction of sp³-hybridized carbons (Fsp3) is 0.600. The summed E-state index contributed by atoms with van der Waals surface area (Å²) >= 11 is 0. The maximum Gasteiger partial charge on any atom is 0.123 e. The van der Waals surface area contributed by atoms with E-state index in [1.54, 1.807) is 12.1 Å². The Kier molecular flexibility index (Phi) is 10.1. The zero-order chi connectivity index (χ0) is 12.2. The zero-order valence-electron chi connectivity index (χ0n) is 10.9. The van der Waals surface area contributed by atoms with Gasteiger partial charge in [0.25, 0.3) is 0 Å². The first kappa shape index (κ1) is 15.2. The van der Waals surface area contributed by atoms with Crippen molar-refractivity contribution in [3.63, 3.8) is 0 Å². The van der Waals surface area contributed by atoms with Gasteiger partial charge in [0.15, 0.2) is 0 Å². The lowest BCUT2D eigenvalue weighted by atomic mass is 10.1. The molecule has 0 aliphatic rings.